The van der Waals surface area contributed by atoms with Crippen molar-refractivity contribution in [3.63, 3.8) is 0 Å². The van der Waals surface area contributed by atoms with Gasteiger partial charge in [0, 0.05) is 19.1 Å². The molecule has 0 radical (unpaired) electrons. The first-order chi connectivity index (χ1) is 8.97. The monoisotopic (exact) mass is 449 g/mol. The third-order valence-corrected chi connectivity index (χ3v) is 4.75. The Morgan fingerprint density at radius 3 is 2.68 bits per heavy atom. The highest BCUT2D eigenvalue weighted by Gasteiger charge is 2.13. The Hall–Kier alpha value is -0.100. The van der Waals surface area contributed by atoms with Crippen molar-refractivity contribution in [2.75, 3.05) is 0 Å². The highest BCUT2D eigenvalue weighted by molar-refractivity contribution is 14.1. The van der Waals surface area contributed by atoms with Gasteiger partial charge in [-0.05, 0) is 76.9 Å². The van der Waals surface area contributed by atoms with Crippen LogP contribution in [0.15, 0.2) is 40.9 Å². The molecule has 0 aliphatic heterocycles. The predicted molar refractivity (Wildman–Crippen MR) is 93.7 cm³/mol. The summed E-state index contributed by atoms with van der Waals surface area (Å²) in [5, 5.41) is 0.789. The van der Waals surface area contributed by atoms with E-state index >= 15 is 0 Å². The van der Waals surface area contributed by atoms with Crippen LogP contribution >= 0.6 is 50.1 Å². The van der Waals surface area contributed by atoms with E-state index in [2.05, 4.69) is 62.8 Å². The van der Waals surface area contributed by atoms with Gasteiger partial charge in [-0.25, -0.2) is 0 Å². The first-order valence-electron chi connectivity index (χ1n) is 5.93. The Morgan fingerprint density at radius 2 is 2.00 bits per heavy atom. The van der Waals surface area contributed by atoms with Crippen molar-refractivity contribution in [3.05, 3.63) is 66.2 Å². The Balaban J connectivity index is 2.25. The molecule has 1 nitrogen and oxygen atoms in total. The smallest absolute Gasteiger partial charge is 0.0441 e. The van der Waals surface area contributed by atoms with Crippen molar-refractivity contribution < 1.29 is 0 Å². The minimum Gasteiger partial charge on any atom is -0.324 e. The van der Waals surface area contributed by atoms with E-state index in [1.165, 1.54) is 3.57 Å². The number of nitrogens with two attached hydrogens (primary N) is 1. The molecule has 2 rings (SSSR count). The van der Waals surface area contributed by atoms with Gasteiger partial charge in [0.15, 0.2) is 0 Å². The molecule has 1 atom stereocenters. The zero-order valence-corrected chi connectivity index (χ0v) is 15.0. The molecule has 100 valence electrons. The number of aryl methyl sites for hydroxylation is 1. The molecular weight excluding hydrogens is 436 g/mol. The van der Waals surface area contributed by atoms with Crippen molar-refractivity contribution in [1.29, 1.82) is 0 Å². The van der Waals surface area contributed by atoms with Crippen LogP contribution in [0.3, 0.4) is 0 Å². The summed E-state index contributed by atoms with van der Waals surface area (Å²) >= 11 is 12.1. The predicted octanol–water partition coefficient (Wildman–Crippen LogP) is 5.26. The van der Waals surface area contributed by atoms with Gasteiger partial charge < -0.3 is 5.73 Å². The molecule has 19 heavy (non-hydrogen) atoms. The van der Waals surface area contributed by atoms with Gasteiger partial charge in [0.05, 0.1) is 0 Å². The Morgan fingerprint density at radius 1 is 1.26 bits per heavy atom. The summed E-state index contributed by atoms with van der Waals surface area (Å²) in [5.41, 5.74) is 9.68. The largest absolute Gasteiger partial charge is 0.324 e. The molecule has 2 aromatic rings. The van der Waals surface area contributed by atoms with Gasteiger partial charge in [-0.15, -0.1) is 0 Å². The van der Waals surface area contributed by atoms with E-state index in [4.69, 9.17) is 17.3 Å². The second kappa shape index (κ2) is 6.57. The van der Waals surface area contributed by atoms with Crippen LogP contribution in [0.2, 0.25) is 5.02 Å². The van der Waals surface area contributed by atoms with Gasteiger partial charge in [0.2, 0.25) is 0 Å². The maximum atomic E-state index is 6.31. The van der Waals surface area contributed by atoms with Gasteiger partial charge in [0.1, 0.15) is 0 Å². The van der Waals surface area contributed by atoms with Gasteiger partial charge in [-0.1, -0.05) is 39.7 Å². The summed E-state index contributed by atoms with van der Waals surface area (Å²) in [7, 11) is 0. The molecule has 0 heterocycles. The summed E-state index contributed by atoms with van der Waals surface area (Å²) in [5.74, 6) is 0. The van der Waals surface area contributed by atoms with Crippen LogP contribution in [-0.4, -0.2) is 0 Å². The highest BCUT2D eigenvalue weighted by atomic mass is 127. The molecule has 4 heteroatoms. The molecule has 0 saturated heterocycles. The summed E-state index contributed by atoms with van der Waals surface area (Å²) in [6, 6.07) is 12.2. The maximum Gasteiger partial charge on any atom is 0.0441 e. The first kappa shape index (κ1) is 15.3. The topological polar surface area (TPSA) is 26.0 Å². The van der Waals surface area contributed by atoms with E-state index in [1.807, 2.05) is 19.1 Å². The van der Waals surface area contributed by atoms with Gasteiger partial charge in [-0.2, -0.15) is 0 Å². The number of benzene rings is 2. The molecule has 0 amide bonds. The van der Waals surface area contributed by atoms with Crippen LogP contribution in [0, 0.1) is 10.5 Å². The zero-order valence-electron chi connectivity index (χ0n) is 10.5. The van der Waals surface area contributed by atoms with Crippen LogP contribution in [0.25, 0.3) is 0 Å². The molecule has 2 N–H and O–H groups in total. The van der Waals surface area contributed by atoms with Crippen LogP contribution in [-0.2, 0) is 6.42 Å². The van der Waals surface area contributed by atoms with E-state index in [-0.39, 0.29) is 6.04 Å². The molecule has 0 bridgehead atoms. The second-order valence-electron chi connectivity index (χ2n) is 4.57. The first-order valence-corrected chi connectivity index (χ1v) is 8.18. The third-order valence-electron chi connectivity index (χ3n) is 3.01. The molecule has 2 aromatic carbocycles. The molecule has 0 fully saturated rings. The van der Waals surface area contributed by atoms with E-state index in [9.17, 15) is 0 Å². The normalized spacial score (nSPS) is 12.5. The van der Waals surface area contributed by atoms with Crippen molar-refractivity contribution in [2.24, 2.45) is 5.73 Å². The standard InChI is InChI=1S/C15H14BrClIN/c1-9-2-3-10(14(17)6-9)7-15(19)12-8-11(18)4-5-13(12)16/h2-6,8,15H,7,19H2,1H3. The Kier molecular flexibility index (Phi) is 5.29. The summed E-state index contributed by atoms with van der Waals surface area (Å²) in [4.78, 5) is 0. The lowest BCUT2D eigenvalue weighted by Gasteiger charge is -2.15. The third kappa shape index (κ3) is 3.94. The second-order valence-corrected chi connectivity index (χ2v) is 7.08. The molecule has 0 saturated carbocycles. The SMILES string of the molecule is Cc1ccc(CC(N)c2cc(I)ccc2Br)c(Cl)c1. The minimum absolute atomic E-state index is 0.0655. The van der Waals surface area contributed by atoms with Crippen LogP contribution < -0.4 is 5.73 Å². The van der Waals surface area contributed by atoms with Crippen LogP contribution in [0.5, 0.6) is 0 Å². The van der Waals surface area contributed by atoms with Crippen LogP contribution in [0.1, 0.15) is 22.7 Å². The van der Waals surface area contributed by atoms with Crippen molar-refractivity contribution in [1.82, 2.24) is 0 Å². The lowest BCUT2D eigenvalue weighted by atomic mass is 9.99. The van der Waals surface area contributed by atoms with E-state index in [0.29, 0.717) is 0 Å². The average Bonchev–Trinajstić information content (AvgIpc) is 2.35. The van der Waals surface area contributed by atoms with Crippen molar-refractivity contribution >= 4 is 50.1 Å². The Bertz CT molecular complexity index is 601. The fourth-order valence-corrected chi connectivity index (χ4v) is 3.33. The number of rotatable bonds is 3. The van der Waals surface area contributed by atoms with E-state index < -0.39 is 0 Å². The molecule has 0 spiro atoms. The average molecular weight is 451 g/mol. The lowest BCUT2D eigenvalue weighted by Crippen LogP contribution is -2.14. The molecular formula is C15H14BrClIN. The van der Waals surface area contributed by atoms with Crippen molar-refractivity contribution in [2.45, 2.75) is 19.4 Å². The number of hydrogen-bond donors (Lipinski definition) is 1. The maximum absolute atomic E-state index is 6.31. The number of hydrogen-bond acceptors (Lipinski definition) is 1. The fraction of sp³-hybridized carbons (Fsp3) is 0.200. The number of halogens is 3. The lowest BCUT2D eigenvalue weighted by molar-refractivity contribution is 0.718. The summed E-state index contributed by atoms with van der Waals surface area (Å²) < 4.78 is 2.23. The van der Waals surface area contributed by atoms with Gasteiger partial charge >= 0.3 is 0 Å². The summed E-state index contributed by atoms with van der Waals surface area (Å²) in [6.07, 6.45) is 0.734. The van der Waals surface area contributed by atoms with Crippen LogP contribution in [0.4, 0.5) is 0 Å². The molecule has 0 aliphatic rings. The molecule has 0 aliphatic carbocycles. The summed E-state index contributed by atoms with van der Waals surface area (Å²) in [6.45, 7) is 2.03. The van der Waals surface area contributed by atoms with Gasteiger partial charge in [-0.3, -0.25) is 0 Å². The van der Waals surface area contributed by atoms with E-state index in [1.54, 1.807) is 0 Å². The van der Waals surface area contributed by atoms with E-state index in [0.717, 1.165) is 32.6 Å². The highest BCUT2D eigenvalue weighted by Crippen LogP contribution is 2.28. The quantitative estimate of drug-likeness (QED) is 0.635. The minimum atomic E-state index is -0.0655. The van der Waals surface area contributed by atoms with Gasteiger partial charge in [0.25, 0.3) is 0 Å². The molecule has 1 unspecified atom stereocenters. The zero-order chi connectivity index (χ0) is 14.0. The van der Waals surface area contributed by atoms with Crippen molar-refractivity contribution in [3.8, 4) is 0 Å². The molecule has 0 aromatic heterocycles. The Labute approximate surface area is 140 Å². The fourth-order valence-electron chi connectivity index (χ4n) is 1.96.